The van der Waals surface area contributed by atoms with Crippen LogP contribution in [0.4, 0.5) is 0 Å². The maximum atomic E-state index is 10.4. The van der Waals surface area contributed by atoms with Crippen molar-refractivity contribution in [3.63, 3.8) is 0 Å². The summed E-state index contributed by atoms with van der Waals surface area (Å²) in [5, 5.41) is 10.4. The molecule has 19 heavy (non-hydrogen) atoms. The van der Waals surface area contributed by atoms with Gasteiger partial charge in [0.15, 0.2) is 0 Å². The van der Waals surface area contributed by atoms with Gasteiger partial charge in [0.25, 0.3) is 0 Å². The van der Waals surface area contributed by atoms with E-state index >= 15 is 0 Å². The number of hydrogen-bond acceptors (Lipinski definition) is 3. The molecule has 3 unspecified atom stereocenters. The Hall–Kier alpha value is -0.120. The highest BCUT2D eigenvalue weighted by Gasteiger charge is 2.34. The molecule has 1 aliphatic rings. The van der Waals surface area contributed by atoms with E-state index < -0.39 is 0 Å². The van der Waals surface area contributed by atoms with Crippen molar-refractivity contribution < 1.29 is 9.84 Å². The molecule has 0 radical (unpaired) electrons. The third-order valence-electron chi connectivity index (χ3n) is 4.42. The van der Waals surface area contributed by atoms with Crippen molar-refractivity contribution in [2.75, 3.05) is 26.8 Å². The number of rotatable bonds is 7. The molecule has 0 bridgehead atoms. The third kappa shape index (κ3) is 5.41. The molecule has 0 aromatic carbocycles. The van der Waals surface area contributed by atoms with Crippen LogP contribution in [0.2, 0.25) is 0 Å². The van der Waals surface area contributed by atoms with Crippen molar-refractivity contribution in [2.24, 2.45) is 17.8 Å². The molecule has 1 fully saturated rings. The van der Waals surface area contributed by atoms with E-state index in [0.29, 0.717) is 12.0 Å². The molecule has 0 amide bonds. The first-order valence-electron chi connectivity index (χ1n) is 7.86. The van der Waals surface area contributed by atoms with Gasteiger partial charge in [0.05, 0.1) is 12.7 Å². The van der Waals surface area contributed by atoms with E-state index in [-0.39, 0.29) is 6.10 Å². The Bertz CT molecular complexity index is 243. The van der Waals surface area contributed by atoms with Gasteiger partial charge in [-0.25, -0.2) is 0 Å². The Kier molecular flexibility index (Phi) is 7.33. The number of ether oxygens (including phenoxy) is 1. The molecule has 0 aliphatic heterocycles. The SMILES string of the molecule is COCCN(CC(C)C)C1CC(C(C)C)CCC1O. The first-order valence-corrected chi connectivity index (χ1v) is 7.86. The number of aliphatic hydroxyl groups is 1. The van der Waals surface area contributed by atoms with E-state index in [1.54, 1.807) is 7.11 Å². The molecule has 1 aliphatic carbocycles. The molecule has 0 spiro atoms. The summed E-state index contributed by atoms with van der Waals surface area (Å²) in [5.41, 5.74) is 0. The zero-order chi connectivity index (χ0) is 14.4. The van der Waals surface area contributed by atoms with Crippen LogP contribution in [0.25, 0.3) is 0 Å². The van der Waals surface area contributed by atoms with Gasteiger partial charge in [0.1, 0.15) is 0 Å². The molecule has 0 heterocycles. The maximum absolute atomic E-state index is 10.4. The van der Waals surface area contributed by atoms with Gasteiger partial charge in [-0.05, 0) is 37.0 Å². The molecule has 0 aromatic rings. The van der Waals surface area contributed by atoms with Gasteiger partial charge in [-0.3, -0.25) is 4.90 Å². The van der Waals surface area contributed by atoms with Crippen LogP contribution in [0, 0.1) is 17.8 Å². The van der Waals surface area contributed by atoms with Gasteiger partial charge in [0.2, 0.25) is 0 Å². The van der Waals surface area contributed by atoms with Crippen molar-refractivity contribution in [1.82, 2.24) is 4.90 Å². The second kappa shape index (κ2) is 8.23. The Morgan fingerprint density at radius 1 is 1.21 bits per heavy atom. The summed E-state index contributed by atoms with van der Waals surface area (Å²) in [6.45, 7) is 11.8. The van der Waals surface area contributed by atoms with Crippen LogP contribution in [0.15, 0.2) is 0 Å². The predicted molar refractivity (Wildman–Crippen MR) is 80.3 cm³/mol. The summed E-state index contributed by atoms with van der Waals surface area (Å²) in [5.74, 6) is 2.10. The van der Waals surface area contributed by atoms with Crippen LogP contribution < -0.4 is 0 Å². The lowest BCUT2D eigenvalue weighted by Crippen LogP contribution is -2.50. The summed E-state index contributed by atoms with van der Waals surface area (Å²) < 4.78 is 5.23. The molecule has 0 aromatic heterocycles. The zero-order valence-electron chi connectivity index (χ0n) is 13.4. The standard InChI is InChI=1S/C16H33NO2/c1-12(2)11-17(8-9-19-5)15-10-14(13(3)4)6-7-16(15)18/h12-16,18H,6-11H2,1-5H3. The van der Waals surface area contributed by atoms with Gasteiger partial charge in [-0.2, -0.15) is 0 Å². The van der Waals surface area contributed by atoms with E-state index in [1.165, 1.54) is 6.42 Å². The normalized spacial score (nSPS) is 28.6. The van der Waals surface area contributed by atoms with E-state index in [1.807, 2.05) is 0 Å². The highest BCUT2D eigenvalue weighted by molar-refractivity contribution is 4.88. The first kappa shape index (κ1) is 16.9. The zero-order valence-corrected chi connectivity index (χ0v) is 13.4. The Morgan fingerprint density at radius 2 is 1.89 bits per heavy atom. The van der Waals surface area contributed by atoms with Crippen LogP contribution in [0.3, 0.4) is 0 Å². The van der Waals surface area contributed by atoms with Crippen molar-refractivity contribution in [2.45, 2.75) is 59.1 Å². The van der Waals surface area contributed by atoms with Crippen LogP contribution in [0.5, 0.6) is 0 Å². The largest absolute Gasteiger partial charge is 0.391 e. The minimum absolute atomic E-state index is 0.161. The van der Waals surface area contributed by atoms with Crippen molar-refractivity contribution in [3.05, 3.63) is 0 Å². The number of nitrogens with zero attached hydrogens (tertiary/aromatic N) is 1. The van der Waals surface area contributed by atoms with Crippen molar-refractivity contribution >= 4 is 0 Å². The smallest absolute Gasteiger partial charge is 0.0695 e. The molecule has 1 N–H and O–H groups in total. The molecule has 3 nitrogen and oxygen atoms in total. The highest BCUT2D eigenvalue weighted by atomic mass is 16.5. The van der Waals surface area contributed by atoms with Gasteiger partial charge < -0.3 is 9.84 Å². The van der Waals surface area contributed by atoms with Gasteiger partial charge in [-0.1, -0.05) is 27.7 Å². The lowest BCUT2D eigenvalue weighted by Gasteiger charge is -2.42. The second-order valence-corrected chi connectivity index (χ2v) is 6.83. The summed E-state index contributed by atoms with van der Waals surface area (Å²) in [6, 6.07) is 0.318. The van der Waals surface area contributed by atoms with Gasteiger partial charge in [-0.15, -0.1) is 0 Å². The Morgan fingerprint density at radius 3 is 2.42 bits per heavy atom. The van der Waals surface area contributed by atoms with E-state index in [4.69, 9.17) is 4.74 Å². The topological polar surface area (TPSA) is 32.7 Å². The molecule has 1 rings (SSSR count). The minimum Gasteiger partial charge on any atom is -0.391 e. The lowest BCUT2D eigenvalue weighted by molar-refractivity contribution is -0.0169. The predicted octanol–water partition coefficient (Wildman–Crippen LogP) is 2.78. The van der Waals surface area contributed by atoms with Crippen molar-refractivity contribution in [1.29, 1.82) is 0 Å². The van der Waals surface area contributed by atoms with E-state index in [2.05, 4.69) is 32.6 Å². The van der Waals surface area contributed by atoms with Gasteiger partial charge >= 0.3 is 0 Å². The quantitative estimate of drug-likeness (QED) is 0.773. The van der Waals surface area contributed by atoms with Crippen LogP contribution in [-0.4, -0.2) is 49.0 Å². The third-order valence-corrected chi connectivity index (χ3v) is 4.42. The van der Waals surface area contributed by atoms with Crippen LogP contribution >= 0.6 is 0 Å². The van der Waals surface area contributed by atoms with Crippen molar-refractivity contribution in [3.8, 4) is 0 Å². The lowest BCUT2D eigenvalue weighted by atomic mass is 9.77. The number of aliphatic hydroxyl groups excluding tert-OH is 1. The molecule has 0 saturated heterocycles. The molecular formula is C16H33NO2. The first-order chi connectivity index (χ1) is 8.95. The molecule has 1 saturated carbocycles. The Balaban J connectivity index is 2.67. The summed E-state index contributed by atoms with van der Waals surface area (Å²) in [4.78, 5) is 2.45. The second-order valence-electron chi connectivity index (χ2n) is 6.83. The minimum atomic E-state index is -0.161. The molecule has 114 valence electrons. The molecular weight excluding hydrogens is 238 g/mol. The van der Waals surface area contributed by atoms with E-state index in [0.717, 1.165) is 44.4 Å². The maximum Gasteiger partial charge on any atom is 0.0695 e. The monoisotopic (exact) mass is 271 g/mol. The highest BCUT2D eigenvalue weighted by Crippen LogP contribution is 2.33. The average Bonchev–Trinajstić information content (AvgIpc) is 2.34. The van der Waals surface area contributed by atoms with Crippen LogP contribution in [0.1, 0.15) is 47.0 Å². The summed E-state index contributed by atoms with van der Waals surface area (Å²) in [7, 11) is 1.75. The fourth-order valence-corrected chi connectivity index (χ4v) is 3.23. The van der Waals surface area contributed by atoms with Crippen LogP contribution in [-0.2, 0) is 4.74 Å². The Labute approximate surface area is 119 Å². The fraction of sp³-hybridized carbons (Fsp3) is 1.00. The van der Waals surface area contributed by atoms with E-state index in [9.17, 15) is 5.11 Å². The average molecular weight is 271 g/mol. The summed E-state index contributed by atoms with van der Waals surface area (Å²) >= 11 is 0. The number of hydrogen-bond donors (Lipinski definition) is 1. The number of methoxy groups -OCH3 is 1. The molecule has 3 heteroatoms. The summed E-state index contributed by atoms with van der Waals surface area (Å²) in [6.07, 6.45) is 3.10. The molecule has 3 atom stereocenters. The van der Waals surface area contributed by atoms with Gasteiger partial charge in [0, 0.05) is 26.2 Å². The fourth-order valence-electron chi connectivity index (χ4n) is 3.23.